The fourth-order valence-corrected chi connectivity index (χ4v) is 0.809. The van der Waals surface area contributed by atoms with E-state index in [0.29, 0.717) is 26.4 Å². The molecule has 0 amide bonds. The minimum atomic E-state index is 0.368. The van der Waals surface area contributed by atoms with E-state index >= 15 is 0 Å². The van der Waals surface area contributed by atoms with Crippen LogP contribution in [0.3, 0.4) is 0 Å². The Morgan fingerprint density at radius 2 is 0.929 bits per heavy atom. The van der Waals surface area contributed by atoms with Gasteiger partial charge in [-0.15, -0.1) is 0 Å². The largest absolute Gasteiger partial charge is 0.237 e. The van der Waals surface area contributed by atoms with Gasteiger partial charge in [-0.25, -0.2) is 19.6 Å². The zero-order valence-corrected chi connectivity index (χ0v) is 9.97. The Hall–Kier alpha value is 0.540. The molecule has 4 nitrogen and oxygen atoms in total. The minimum absolute atomic E-state index is 0.368. The van der Waals surface area contributed by atoms with Crippen LogP contribution in [-0.2, 0) is 19.6 Å². The molecule has 0 fully saturated rings. The number of hydrogen-bond acceptors (Lipinski definition) is 6. The zero-order valence-electron chi connectivity index (χ0n) is 8.18. The lowest BCUT2D eigenvalue weighted by atomic mass is 10.5. The van der Waals surface area contributed by atoms with E-state index in [1.54, 1.807) is 0 Å². The maximum atomic E-state index is 4.81. The van der Waals surface area contributed by atoms with Crippen LogP contribution in [0.25, 0.3) is 0 Å². The number of thiol groups is 2. The van der Waals surface area contributed by atoms with Gasteiger partial charge in [0, 0.05) is 0 Å². The third-order valence-corrected chi connectivity index (χ3v) is 1.82. The van der Waals surface area contributed by atoms with Gasteiger partial charge in [-0.05, 0) is 24.3 Å². The van der Waals surface area contributed by atoms with Gasteiger partial charge in [0.2, 0.25) is 0 Å². The highest BCUT2D eigenvalue weighted by atomic mass is 32.1. The van der Waals surface area contributed by atoms with Crippen molar-refractivity contribution in [1.29, 1.82) is 0 Å². The molecule has 0 aliphatic heterocycles. The first-order valence-electron chi connectivity index (χ1n) is 4.62. The zero-order chi connectivity index (χ0) is 10.5. The molecule has 0 atom stereocenters. The molecule has 0 heterocycles. The predicted octanol–water partition coefficient (Wildman–Crippen LogP) is 1.52. The van der Waals surface area contributed by atoms with Gasteiger partial charge in [-0.1, -0.05) is 0 Å². The molecule has 0 unspecified atom stereocenters. The lowest BCUT2D eigenvalue weighted by molar-refractivity contribution is -0.340. The van der Waals surface area contributed by atoms with Crippen molar-refractivity contribution < 1.29 is 19.6 Å². The summed E-state index contributed by atoms with van der Waals surface area (Å²) in [5.41, 5.74) is 0. The van der Waals surface area contributed by atoms with Crippen LogP contribution < -0.4 is 0 Å². The highest BCUT2D eigenvalue weighted by molar-refractivity contribution is 7.80. The van der Waals surface area contributed by atoms with Gasteiger partial charge in [0.25, 0.3) is 0 Å². The van der Waals surface area contributed by atoms with Crippen LogP contribution in [0, 0.1) is 0 Å². The standard InChI is InChI=1S/C8H18O4S2/c13-7-1-3-9-11-5-6-12-10-4-2-8-14/h13-14H,1-8H2. The summed E-state index contributed by atoms with van der Waals surface area (Å²) in [6, 6.07) is 0. The van der Waals surface area contributed by atoms with Crippen molar-refractivity contribution in [3.63, 3.8) is 0 Å². The Kier molecular flexibility index (Phi) is 14.1. The van der Waals surface area contributed by atoms with Crippen LogP contribution in [0.5, 0.6) is 0 Å². The average Bonchev–Trinajstić information content (AvgIpc) is 2.21. The normalized spacial score (nSPS) is 10.7. The van der Waals surface area contributed by atoms with Gasteiger partial charge in [0.1, 0.15) is 13.2 Å². The molecule has 6 heteroatoms. The van der Waals surface area contributed by atoms with Gasteiger partial charge in [-0.2, -0.15) is 25.3 Å². The van der Waals surface area contributed by atoms with Crippen molar-refractivity contribution in [1.82, 2.24) is 0 Å². The molecule has 14 heavy (non-hydrogen) atoms. The average molecular weight is 242 g/mol. The molecule has 0 spiro atoms. The molecule has 0 aromatic heterocycles. The van der Waals surface area contributed by atoms with Crippen LogP contribution in [0.2, 0.25) is 0 Å². The summed E-state index contributed by atoms with van der Waals surface area (Å²) in [5, 5.41) is 0. The fourth-order valence-electron chi connectivity index (χ4n) is 0.551. The van der Waals surface area contributed by atoms with Crippen LogP contribution in [0.1, 0.15) is 12.8 Å². The molecular formula is C8H18O4S2. The lowest BCUT2D eigenvalue weighted by Crippen LogP contribution is -2.07. The minimum Gasteiger partial charge on any atom is -0.237 e. The molecule has 0 aliphatic rings. The Labute approximate surface area is 95.9 Å². The molecule has 0 radical (unpaired) electrons. The second-order valence-electron chi connectivity index (χ2n) is 2.44. The van der Waals surface area contributed by atoms with Crippen molar-refractivity contribution in [2.75, 3.05) is 37.9 Å². The first-order valence-corrected chi connectivity index (χ1v) is 5.89. The fraction of sp³-hybridized carbons (Fsp3) is 1.00. The summed E-state index contributed by atoms with van der Waals surface area (Å²) in [7, 11) is 0. The molecule has 0 aromatic rings. The maximum absolute atomic E-state index is 4.81. The van der Waals surface area contributed by atoms with Crippen LogP contribution in [0.4, 0.5) is 0 Å². The van der Waals surface area contributed by atoms with Crippen LogP contribution in [-0.4, -0.2) is 37.9 Å². The summed E-state index contributed by atoms with van der Waals surface area (Å²) >= 11 is 8.05. The topological polar surface area (TPSA) is 36.9 Å². The van der Waals surface area contributed by atoms with E-state index in [2.05, 4.69) is 25.3 Å². The van der Waals surface area contributed by atoms with E-state index in [4.69, 9.17) is 19.6 Å². The van der Waals surface area contributed by atoms with E-state index in [1.165, 1.54) is 0 Å². The van der Waals surface area contributed by atoms with E-state index in [9.17, 15) is 0 Å². The molecular weight excluding hydrogens is 224 g/mol. The predicted molar refractivity (Wildman–Crippen MR) is 60.7 cm³/mol. The van der Waals surface area contributed by atoms with E-state index in [-0.39, 0.29) is 0 Å². The van der Waals surface area contributed by atoms with E-state index in [1.807, 2.05) is 0 Å². The van der Waals surface area contributed by atoms with Gasteiger partial charge >= 0.3 is 0 Å². The van der Waals surface area contributed by atoms with E-state index in [0.717, 1.165) is 24.3 Å². The van der Waals surface area contributed by atoms with E-state index < -0.39 is 0 Å². The van der Waals surface area contributed by atoms with Crippen molar-refractivity contribution in [2.45, 2.75) is 12.8 Å². The summed E-state index contributed by atoms with van der Waals surface area (Å²) in [5.74, 6) is 1.60. The Bertz CT molecular complexity index is 93.3. The quantitative estimate of drug-likeness (QED) is 0.249. The third-order valence-electron chi connectivity index (χ3n) is 1.19. The van der Waals surface area contributed by atoms with Gasteiger partial charge < -0.3 is 0 Å². The molecule has 0 saturated carbocycles. The molecule has 86 valence electrons. The van der Waals surface area contributed by atoms with Gasteiger partial charge in [0.05, 0.1) is 13.2 Å². The third kappa shape index (κ3) is 12.5. The summed E-state index contributed by atoms with van der Waals surface area (Å²) in [6.45, 7) is 1.86. The number of hydrogen-bond donors (Lipinski definition) is 2. The summed E-state index contributed by atoms with van der Waals surface area (Å²) < 4.78 is 0. The van der Waals surface area contributed by atoms with Crippen molar-refractivity contribution >= 4 is 25.3 Å². The van der Waals surface area contributed by atoms with Crippen molar-refractivity contribution in [2.24, 2.45) is 0 Å². The Morgan fingerprint density at radius 1 is 0.571 bits per heavy atom. The van der Waals surface area contributed by atoms with Gasteiger partial charge in [0.15, 0.2) is 0 Å². The highest BCUT2D eigenvalue weighted by Crippen LogP contribution is 1.89. The maximum Gasteiger partial charge on any atom is 0.109 e. The Morgan fingerprint density at radius 3 is 1.29 bits per heavy atom. The smallest absolute Gasteiger partial charge is 0.109 e. The first kappa shape index (κ1) is 14.5. The first-order chi connectivity index (χ1) is 6.91. The van der Waals surface area contributed by atoms with Crippen molar-refractivity contribution in [3.05, 3.63) is 0 Å². The molecule has 0 bridgehead atoms. The lowest BCUT2D eigenvalue weighted by Gasteiger charge is -2.04. The van der Waals surface area contributed by atoms with Crippen LogP contribution in [0.15, 0.2) is 0 Å². The molecule has 0 N–H and O–H groups in total. The molecule has 0 aromatic carbocycles. The monoisotopic (exact) mass is 242 g/mol. The molecule has 0 rings (SSSR count). The molecule has 0 aliphatic carbocycles. The molecule has 0 saturated heterocycles. The van der Waals surface area contributed by atoms with Crippen molar-refractivity contribution in [3.8, 4) is 0 Å². The second kappa shape index (κ2) is 13.5. The summed E-state index contributed by atoms with van der Waals surface area (Å²) in [4.78, 5) is 19.2. The van der Waals surface area contributed by atoms with Gasteiger partial charge in [-0.3, -0.25) is 0 Å². The highest BCUT2D eigenvalue weighted by Gasteiger charge is 1.91. The summed E-state index contributed by atoms with van der Waals surface area (Å²) in [6.07, 6.45) is 1.75. The van der Waals surface area contributed by atoms with Crippen LogP contribution >= 0.6 is 25.3 Å². The second-order valence-corrected chi connectivity index (χ2v) is 3.34. The SMILES string of the molecule is SCCCOOCCOOCCCS. The number of rotatable bonds is 11. The Balaban J connectivity index is 2.78.